The molecule has 0 amide bonds. The lowest BCUT2D eigenvalue weighted by Gasteiger charge is -2.15. The maximum Gasteiger partial charge on any atom is 0.363 e. The van der Waals surface area contributed by atoms with Gasteiger partial charge in [0.25, 0.3) is 0 Å². The third kappa shape index (κ3) is 5.83. The summed E-state index contributed by atoms with van der Waals surface area (Å²) in [5.74, 6) is 1.00. The Labute approximate surface area is 214 Å². The minimum absolute atomic E-state index is 0.229. The Kier molecular flexibility index (Phi) is 7.49. The normalized spacial score (nSPS) is 14.2. The Morgan fingerprint density at radius 3 is 2.61 bits per heavy atom. The van der Waals surface area contributed by atoms with Crippen molar-refractivity contribution in [2.24, 2.45) is 4.99 Å². The van der Waals surface area contributed by atoms with Gasteiger partial charge in [0.2, 0.25) is 5.90 Å². The number of hydrogen-bond acceptors (Lipinski definition) is 5. The van der Waals surface area contributed by atoms with Gasteiger partial charge in [0.05, 0.1) is 11.1 Å². The molecule has 0 unspecified atom stereocenters. The molecule has 1 aliphatic rings. The molecule has 0 atom stereocenters. The zero-order valence-electron chi connectivity index (χ0n) is 18.1. The van der Waals surface area contributed by atoms with Crippen LogP contribution in [-0.4, -0.2) is 18.5 Å². The molecule has 0 spiro atoms. The van der Waals surface area contributed by atoms with E-state index in [9.17, 15) is 4.79 Å². The first-order valence-electron chi connectivity index (χ1n) is 10.4. The SMILES string of the molecule is CCOc1cc(/C=C2\N=C(c3ccc(C)cc3)OC2=O)cc(Br)c1OCc1cccc(I)c1. The highest BCUT2D eigenvalue weighted by Gasteiger charge is 2.24. The zero-order valence-corrected chi connectivity index (χ0v) is 21.8. The van der Waals surface area contributed by atoms with Crippen LogP contribution in [0.2, 0.25) is 0 Å². The molecule has 33 heavy (non-hydrogen) atoms. The van der Waals surface area contributed by atoms with Crippen LogP contribution in [0.4, 0.5) is 0 Å². The van der Waals surface area contributed by atoms with Crippen molar-refractivity contribution in [3.63, 3.8) is 0 Å². The average Bonchev–Trinajstić information content (AvgIpc) is 3.14. The van der Waals surface area contributed by atoms with Gasteiger partial charge in [-0.05, 0) is 106 Å². The zero-order chi connectivity index (χ0) is 23.4. The van der Waals surface area contributed by atoms with E-state index in [1.54, 1.807) is 6.08 Å². The number of rotatable bonds is 7. The van der Waals surface area contributed by atoms with Crippen LogP contribution in [-0.2, 0) is 16.1 Å². The maximum atomic E-state index is 12.4. The molecule has 0 aliphatic carbocycles. The van der Waals surface area contributed by atoms with Crippen LogP contribution in [0.3, 0.4) is 0 Å². The maximum absolute atomic E-state index is 12.4. The summed E-state index contributed by atoms with van der Waals surface area (Å²) in [7, 11) is 0. The molecule has 1 aliphatic heterocycles. The number of cyclic esters (lactones) is 1. The van der Waals surface area contributed by atoms with E-state index in [2.05, 4.69) is 49.6 Å². The Balaban J connectivity index is 1.61. The number of benzene rings is 3. The third-order valence-corrected chi connectivity index (χ3v) is 6.09. The molecule has 1 heterocycles. The second-order valence-electron chi connectivity index (χ2n) is 7.38. The van der Waals surface area contributed by atoms with Crippen molar-refractivity contribution in [2.45, 2.75) is 20.5 Å². The first-order valence-corrected chi connectivity index (χ1v) is 12.2. The summed E-state index contributed by atoms with van der Waals surface area (Å²) in [5, 5.41) is 0. The van der Waals surface area contributed by atoms with Gasteiger partial charge in [0.15, 0.2) is 17.2 Å². The third-order valence-electron chi connectivity index (χ3n) is 4.83. The molecule has 0 fully saturated rings. The van der Waals surface area contributed by atoms with E-state index in [0.29, 0.717) is 30.6 Å². The van der Waals surface area contributed by atoms with Crippen molar-refractivity contribution in [1.29, 1.82) is 0 Å². The number of carbonyl (C=O) groups excluding carboxylic acids is 1. The summed E-state index contributed by atoms with van der Waals surface area (Å²) in [6, 6.07) is 19.5. The van der Waals surface area contributed by atoms with Crippen molar-refractivity contribution < 1.29 is 19.0 Å². The number of aryl methyl sites for hydroxylation is 1. The second kappa shape index (κ2) is 10.5. The van der Waals surface area contributed by atoms with Gasteiger partial charge in [-0.15, -0.1) is 0 Å². The van der Waals surface area contributed by atoms with E-state index in [0.717, 1.165) is 30.3 Å². The number of hydrogen-bond donors (Lipinski definition) is 0. The number of halogens is 2. The van der Waals surface area contributed by atoms with Gasteiger partial charge in [-0.3, -0.25) is 0 Å². The quantitative estimate of drug-likeness (QED) is 0.169. The first kappa shape index (κ1) is 23.5. The van der Waals surface area contributed by atoms with Crippen LogP contribution in [0.15, 0.2) is 75.8 Å². The lowest BCUT2D eigenvalue weighted by Crippen LogP contribution is -2.05. The van der Waals surface area contributed by atoms with E-state index >= 15 is 0 Å². The Hall–Kier alpha value is -2.65. The predicted molar refractivity (Wildman–Crippen MR) is 141 cm³/mol. The highest BCUT2D eigenvalue weighted by Crippen LogP contribution is 2.38. The van der Waals surface area contributed by atoms with Gasteiger partial charge in [-0.1, -0.05) is 29.8 Å². The van der Waals surface area contributed by atoms with Gasteiger partial charge in [-0.25, -0.2) is 9.79 Å². The summed E-state index contributed by atoms with van der Waals surface area (Å²) in [6.07, 6.45) is 1.68. The molecule has 3 aromatic rings. The fourth-order valence-corrected chi connectivity index (χ4v) is 4.42. The second-order valence-corrected chi connectivity index (χ2v) is 9.48. The largest absolute Gasteiger partial charge is 0.490 e. The summed E-state index contributed by atoms with van der Waals surface area (Å²) >= 11 is 5.87. The lowest BCUT2D eigenvalue weighted by molar-refractivity contribution is -0.129. The number of ether oxygens (including phenoxy) is 3. The molecule has 0 aromatic heterocycles. The summed E-state index contributed by atoms with van der Waals surface area (Å²) < 4.78 is 19.1. The smallest absolute Gasteiger partial charge is 0.363 e. The fraction of sp³-hybridized carbons (Fsp3) is 0.154. The van der Waals surface area contributed by atoms with E-state index in [1.807, 2.05) is 68.4 Å². The monoisotopic (exact) mass is 617 g/mol. The number of carbonyl (C=O) groups is 1. The standard InChI is InChI=1S/C26H21BrINO4/c1-3-31-23-14-18(12-21(27)24(23)32-15-17-5-4-6-20(28)11-17)13-22-26(30)33-25(29-22)19-9-7-16(2)8-10-19/h4-14H,3,15H2,1-2H3/b22-13-. The van der Waals surface area contributed by atoms with Crippen LogP contribution in [0.1, 0.15) is 29.2 Å². The topological polar surface area (TPSA) is 57.1 Å². The summed E-state index contributed by atoms with van der Waals surface area (Å²) in [5.41, 5.74) is 3.92. The highest BCUT2D eigenvalue weighted by molar-refractivity contribution is 14.1. The first-order chi connectivity index (χ1) is 15.9. The molecule has 0 radical (unpaired) electrons. The predicted octanol–water partition coefficient (Wildman–Crippen LogP) is 6.68. The molecule has 7 heteroatoms. The number of nitrogens with zero attached hydrogens (tertiary/aromatic N) is 1. The molecule has 168 valence electrons. The van der Waals surface area contributed by atoms with Crippen LogP contribution >= 0.6 is 38.5 Å². The summed E-state index contributed by atoms with van der Waals surface area (Å²) in [6.45, 7) is 4.80. The van der Waals surface area contributed by atoms with Crippen molar-refractivity contribution in [1.82, 2.24) is 0 Å². The fourth-order valence-electron chi connectivity index (χ4n) is 3.24. The van der Waals surface area contributed by atoms with Gasteiger partial charge >= 0.3 is 5.97 Å². The van der Waals surface area contributed by atoms with Gasteiger partial charge in [-0.2, -0.15) is 0 Å². The Morgan fingerprint density at radius 1 is 1.09 bits per heavy atom. The van der Waals surface area contributed by atoms with Crippen LogP contribution in [0, 0.1) is 10.5 Å². The Morgan fingerprint density at radius 2 is 1.88 bits per heavy atom. The minimum Gasteiger partial charge on any atom is -0.490 e. The van der Waals surface area contributed by atoms with Crippen molar-refractivity contribution in [2.75, 3.05) is 6.61 Å². The molecule has 5 nitrogen and oxygen atoms in total. The summed E-state index contributed by atoms with van der Waals surface area (Å²) in [4.78, 5) is 16.8. The molecule has 0 saturated heterocycles. The van der Waals surface area contributed by atoms with Crippen molar-refractivity contribution in [3.05, 3.63) is 96.7 Å². The average molecular weight is 618 g/mol. The molecular formula is C26H21BrINO4. The van der Waals surface area contributed by atoms with E-state index in [-0.39, 0.29) is 5.70 Å². The van der Waals surface area contributed by atoms with Gasteiger partial charge < -0.3 is 14.2 Å². The van der Waals surface area contributed by atoms with Crippen LogP contribution in [0.25, 0.3) is 6.08 Å². The number of esters is 1. The number of aliphatic imine (C=N–C) groups is 1. The molecule has 0 N–H and O–H groups in total. The van der Waals surface area contributed by atoms with Gasteiger partial charge in [0.1, 0.15) is 6.61 Å². The van der Waals surface area contributed by atoms with E-state index in [1.165, 1.54) is 0 Å². The molecule has 4 rings (SSSR count). The molecule has 0 saturated carbocycles. The molecular weight excluding hydrogens is 597 g/mol. The lowest BCUT2D eigenvalue weighted by atomic mass is 10.1. The van der Waals surface area contributed by atoms with Crippen LogP contribution < -0.4 is 9.47 Å². The van der Waals surface area contributed by atoms with Gasteiger partial charge in [0, 0.05) is 9.13 Å². The molecule has 0 bridgehead atoms. The van der Waals surface area contributed by atoms with Crippen molar-refractivity contribution in [3.8, 4) is 11.5 Å². The Bertz CT molecular complexity index is 1250. The minimum atomic E-state index is -0.487. The van der Waals surface area contributed by atoms with E-state index in [4.69, 9.17) is 14.2 Å². The van der Waals surface area contributed by atoms with Crippen LogP contribution in [0.5, 0.6) is 11.5 Å². The van der Waals surface area contributed by atoms with Crippen molar-refractivity contribution >= 4 is 56.5 Å². The van der Waals surface area contributed by atoms with E-state index < -0.39 is 5.97 Å². The highest BCUT2D eigenvalue weighted by atomic mass is 127. The molecule has 3 aromatic carbocycles.